The highest BCUT2D eigenvalue weighted by Gasteiger charge is 2.38. The summed E-state index contributed by atoms with van der Waals surface area (Å²) >= 11 is 0. The highest BCUT2D eigenvalue weighted by molar-refractivity contribution is 5.97. The molecule has 1 aromatic carbocycles. The summed E-state index contributed by atoms with van der Waals surface area (Å²) in [6, 6.07) is 6.13. The Morgan fingerprint density at radius 1 is 0.967 bits per heavy atom. The van der Waals surface area contributed by atoms with Gasteiger partial charge in [0.2, 0.25) is 5.91 Å². The molecule has 2 aromatic rings. The van der Waals surface area contributed by atoms with Crippen molar-refractivity contribution in [3.63, 3.8) is 0 Å². The summed E-state index contributed by atoms with van der Waals surface area (Å²) in [6.45, 7) is 2.15. The van der Waals surface area contributed by atoms with Crippen LogP contribution in [0, 0.1) is 5.82 Å². The first-order chi connectivity index (χ1) is 14.6. The molecule has 0 saturated carbocycles. The molecule has 3 heterocycles. The summed E-state index contributed by atoms with van der Waals surface area (Å²) in [5.41, 5.74) is 2.61. The third-order valence-electron chi connectivity index (χ3n) is 6.68. The van der Waals surface area contributed by atoms with Crippen molar-refractivity contribution >= 4 is 11.8 Å². The van der Waals surface area contributed by atoms with E-state index in [1.807, 2.05) is 4.90 Å². The molecule has 1 aliphatic carbocycles. The fourth-order valence-electron chi connectivity index (χ4n) is 5.15. The molecule has 6 nitrogen and oxygen atoms in total. The standard InChI is InChI=1S/C23H27FN4O2/c24-17-9-1-2-10-19(17)28-18-12-7-8-16(18)21(25-28)23(30)27-15-4-3-11-20(27)22(29)26-13-5-6-14-26/h1-2,9-10,20H,3-8,11-15H2. The quantitative estimate of drug-likeness (QED) is 0.781. The SMILES string of the molecule is O=C(C1CCCCN1C(=O)c1nn(-c2ccccc2F)c2c1CCC2)N1CCCC1. The van der Waals surface area contributed by atoms with Crippen LogP contribution in [-0.2, 0) is 17.6 Å². The van der Waals surface area contributed by atoms with E-state index in [4.69, 9.17) is 0 Å². The van der Waals surface area contributed by atoms with Gasteiger partial charge in [-0.25, -0.2) is 9.07 Å². The van der Waals surface area contributed by atoms with E-state index in [0.29, 0.717) is 24.3 Å². The van der Waals surface area contributed by atoms with Crippen molar-refractivity contribution in [2.75, 3.05) is 19.6 Å². The lowest BCUT2D eigenvalue weighted by Crippen LogP contribution is -2.52. The van der Waals surface area contributed by atoms with Gasteiger partial charge in [-0.3, -0.25) is 9.59 Å². The Balaban J connectivity index is 1.49. The van der Waals surface area contributed by atoms with Crippen LogP contribution in [0.1, 0.15) is 60.3 Å². The zero-order chi connectivity index (χ0) is 20.7. The van der Waals surface area contributed by atoms with Gasteiger partial charge in [0.1, 0.15) is 17.5 Å². The van der Waals surface area contributed by atoms with Crippen LogP contribution < -0.4 is 0 Å². The summed E-state index contributed by atoms with van der Waals surface area (Å²) in [5, 5.41) is 4.59. The van der Waals surface area contributed by atoms with E-state index in [2.05, 4.69) is 5.10 Å². The maximum atomic E-state index is 14.4. The van der Waals surface area contributed by atoms with E-state index in [1.54, 1.807) is 27.8 Å². The number of carbonyl (C=O) groups is 2. The fraction of sp³-hybridized carbons (Fsp3) is 0.522. The van der Waals surface area contributed by atoms with Gasteiger partial charge in [0, 0.05) is 30.9 Å². The van der Waals surface area contributed by atoms with Gasteiger partial charge in [0.25, 0.3) is 5.91 Å². The molecular formula is C23H27FN4O2. The second-order valence-electron chi connectivity index (χ2n) is 8.53. The third-order valence-corrected chi connectivity index (χ3v) is 6.68. The van der Waals surface area contributed by atoms with Crippen molar-refractivity contribution in [1.29, 1.82) is 0 Å². The van der Waals surface area contributed by atoms with Crippen molar-refractivity contribution in [3.05, 3.63) is 47.0 Å². The molecule has 30 heavy (non-hydrogen) atoms. The number of hydrogen-bond acceptors (Lipinski definition) is 3. The molecule has 1 atom stereocenters. The number of piperidine rings is 1. The minimum Gasteiger partial charge on any atom is -0.341 e. The molecule has 2 fully saturated rings. The van der Waals surface area contributed by atoms with E-state index in [0.717, 1.165) is 69.3 Å². The fourth-order valence-corrected chi connectivity index (χ4v) is 5.15. The molecule has 3 aliphatic rings. The first kappa shape index (κ1) is 19.3. The number of likely N-dealkylation sites (tertiary alicyclic amines) is 2. The van der Waals surface area contributed by atoms with Crippen LogP contribution in [0.2, 0.25) is 0 Å². The molecule has 0 radical (unpaired) electrons. The van der Waals surface area contributed by atoms with E-state index >= 15 is 0 Å². The highest BCUT2D eigenvalue weighted by atomic mass is 19.1. The average molecular weight is 410 g/mol. The van der Waals surface area contributed by atoms with Crippen molar-refractivity contribution in [2.45, 2.75) is 57.4 Å². The number of fused-ring (bicyclic) bond motifs is 1. The number of aromatic nitrogens is 2. The van der Waals surface area contributed by atoms with E-state index in [-0.39, 0.29) is 17.6 Å². The van der Waals surface area contributed by atoms with Crippen molar-refractivity contribution < 1.29 is 14.0 Å². The molecule has 0 N–H and O–H groups in total. The van der Waals surface area contributed by atoms with Gasteiger partial charge in [-0.2, -0.15) is 5.10 Å². The second-order valence-corrected chi connectivity index (χ2v) is 8.53. The predicted octanol–water partition coefficient (Wildman–Crippen LogP) is 3.12. The Morgan fingerprint density at radius 3 is 2.53 bits per heavy atom. The molecule has 1 unspecified atom stereocenters. The van der Waals surface area contributed by atoms with Gasteiger partial charge in [0.15, 0.2) is 5.69 Å². The molecule has 5 rings (SSSR count). The number of hydrogen-bond donors (Lipinski definition) is 0. The number of amides is 2. The van der Waals surface area contributed by atoms with Crippen LogP contribution in [0.3, 0.4) is 0 Å². The van der Waals surface area contributed by atoms with E-state index in [1.165, 1.54) is 6.07 Å². The lowest BCUT2D eigenvalue weighted by Gasteiger charge is -2.36. The van der Waals surface area contributed by atoms with Crippen molar-refractivity contribution in [3.8, 4) is 5.69 Å². The number of nitrogens with zero attached hydrogens (tertiary/aromatic N) is 4. The normalized spacial score (nSPS) is 21.2. The summed E-state index contributed by atoms with van der Waals surface area (Å²) < 4.78 is 16.0. The molecule has 0 bridgehead atoms. The monoisotopic (exact) mass is 410 g/mol. The van der Waals surface area contributed by atoms with Gasteiger partial charge in [-0.15, -0.1) is 0 Å². The van der Waals surface area contributed by atoms with Crippen LogP contribution in [0.15, 0.2) is 24.3 Å². The third kappa shape index (κ3) is 3.20. The Bertz CT molecular complexity index is 980. The average Bonchev–Trinajstić information content (AvgIpc) is 3.51. The Labute approximate surface area is 175 Å². The minimum atomic E-state index is -0.403. The van der Waals surface area contributed by atoms with Crippen LogP contribution in [0.5, 0.6) is 0 Å². The lowest BCUT2D eigenvalue weighted by molar-refractivity contribution is -0.136. The molecule has 1 aromatic heterocycles. The molecule has 0 spiro atoms. The van der Waals surface area contributed by atoms with Crippen LogP contribution in [0.4, 0.5) is 4.39 Å². The van der Waals surface area contributed by atoms with Crippen molar-refractivity contribution in [1.82, 2.24) is 19.6 Å². The number of halogens is 1. The van der Waals surface area contributed by atoms with Gasteiger partial charge in [0.05, 0.1) is 0 Å². The Morgan fingerprint density at radius 2 is 1.73 bits per heavy atom. The summed E-state index contributed by atoms with van der Waals surface area (Å²) in [6.07, 6.45) is 7.10. The van der Waals surface area contributed by atoms with Gasteiger partial charge >= 0.3 is 0 Å². The number of carbonyl (C=O) groups excluding carboxylic acids is 2. The zero-order valence-electron chi connectivity index (χ0n) is 17.1. The lowest BCUT2D eigenvalue weighted by atomic mass is 9.99. The Hall–Kier alpha value is -2.70. The molecule has 2 saturated heterocycles. The van der Waals surface area contributed by atoms with Crippen LogP contribution >= 0.6 is 0 Å². The van der Waals surface area contributed by atoms with Crippen LogP contribution in [-0.4, -0.2) is 57.1 Å². The van der Waals surface area contributed by atoms with E-state index in [9.17, 15) is 14.0 Å². The first-order valence-corrected chi connectivity index (χ1v) is 11.1. The summed E-state index contributed by atoms with van der Waals surface area (Å²) in [4.78, 5) is 30.3. The minimum absolute atomic E-state index is 0.0748. The predicted molar refractivity (Wildman–Crippen MR) is 110 cm³/mol. The van der Waals surface area contributed by atoms with Crippen LogP contribution in [0.25, 0.3) is 5.69 Å². The van der Waals surface area contributed by atoms with Gasteiger partial charge in [-0.05, 0) is 63.5 Å². The number of benzene rings is 1. The number of rotatable bonds is 3. The smallest absolute Gasteiger partial charge is 0.275 e. The number of para-hydroxylation sites is 1. The molecule has 2 aliphatic heterocycles. The molecular weight excluding hydrogens is 383 g/mol. The van der Waals surface area contributed by atoms with Gasteiger partial charge < -0.3 is 9.80 Å². The maximum Gasteiger partial charge on any atom is 0.275 e. The van der Waals surface area contributed by atoms with E-state index < -0.39 is 6.04 Å². The highest BCUT2D eigenvalue weighted by Crippen LogP contribution is 2.31. The molecule has 7 heteroatoms. The topological polar surface area (TPSA) is 58.4 Å². The summed E-state index contributed by atoms with van der Waals surface area (Å²) in [5.74, 6) is -0.458. The van der Waals surface area contributed by atoms with Gasteiger partial charge in [-0.1, -0.05) is 12.1 Å². The molecule has 158 valence electrons. The molecule has 2 amide bonds. The summed E-state index contributed by atoms with van der Waals surface area (Å²) in [7, 11) is 0. The Kier molecular flexibility index (Phi) is 5.05. The first-order valence-electron chi connectivity index (χ1n) is 11.1. The largest absolute Gasteiger partial charge is 0.341 e. The maximum absolute atomic E-state index is 14.4. The second kappa shape index (κ2) is 7.85. The van der Waals surface area contributed by atoms with Crippen molar-refractivity contribution in [2.24, 2.45) is 0 Å². The zero-order valence-corrected chi connectivity index (χ0v) is 17.1.